The molecule has 0 bridgehead atoms. The van der Waals surface area contributed by atoms with Gasteiger partial charge in [-0.2, -0.15) is 5.10 Å². The molecular formula is C11H17N3O. The lowest BCUT2D eigenvalue weighted by Crippen LogP contribution is -2.13. The molecule has 4 nitrogen and oxygen atoms in total. The fourth-order valence-electron chi connectivity index (χ4n) is 1.73. The van der Waals surface area contributed by atoms with Crippen molar-refractivity contribution < 1.29 is 4.74 Å². The van der Waals surface area contributed by atoms with E-state index in [1.807, 2.05) is 19.1 Å². The molecule has 0 spiro atoms. The summed E-state index contributed by atoms with van der Waals surface area (Å²) in [7, 11) is 0. The van der Waals surface area contributed by atoms with Crippen LogP contribution >= 0.6 is 0 Å². The average molecular weight is 207 g/mol. The van der Waals surface area contributed by atoms with E-state index in [0.717, 1.165) is 31.1 Å². The molecule has 0 aromatic carbocycles. The zero-order valence-electron chi connectivity index (χ0n) is 9.07. The van der Waals surface area contributed by atoms with Gasteiger partial charge in [0.2, 0.25) is 0 Å². The fraction of sp³-hybridized carbons (Fsp3) is 0.636. The van der Waals surface area contributed by atoms with E-state index in [9.17, 15) is 0 Å². The fourth-order valence-corrected chi connectivity index (χ4v) is 1.73. The monoisotopic (exact) mass is 207 g/mol. The molecule has 2 heterocycles. The number of nitrogens with zero attached hydrogens (tertiary/aromatic N) is 2. The highest BCUT2D eigenvalue weighted by Crippen LogP contribution is 2.15. The molecule has 0 aliphatic carbocycles. The Morgan fingerprint density at radius 3 is 3.07 bits per heavy atom. The van der Waals surface area contributed by atoms with Crippen molar-refractivity contribution >= 4 is 5.82 Å². The first-order chi connectivity index (χ1) is 7.34. The molecule has 1 aliphatic heterocycles. The molecule has 1 aromatic rings. The summed E-state index contributed by atoms with van der Waals surface area (Å²) in [5.74, 6) is 0.846. The van der Waals surface area contributed by atoms with E-state index in [1.54, 1.807) is 0 Å². The quantitative estimate of drug-likeness (QED) is 0.817. The number of aryl methyl sites for hydroxylation is 1. The molecular weight excluding hydrogens is 190 g/mol. The maximum Gasteiger partial charge on any atom is 0.148 e. The Balaban J connectivity index is 1.71. The molecule has 0 amide bonds. The van der Waals surface area contributed by atoms with Crippen LogP contribution < -0.4 is 5.32 Å². The Morgan fingerprint density at radius 1 is 1.47 bits per heavy atom. The molecule has 1 aromatic heterocycles. The van der Waals surface area contributed by atoms with Gasteiger partial charge in [0.15, 0.2) is 0 Å². The maximum absolute atomic E-state index is 5.53. The summed E-state index contributed by atoms with van der Waals surface area (Å²) < 4.78 is 5.53. The number of aromatic nitrogens is 2. The van der Waals surface area contributed by atoms with Gasteiger partial charge in [0.1, 0.15) is 5.82 Å². The van der Waals surface area contributed by atoms with Crippen molar-refractivity contribution in [2.45, 2.75) is 32.3 Å². The molecule has 0 saturated carbocycles. The highest BCUT2D eigenvalue weighted by Gasteiger charge is 2.14. The predicted molar refractivity (Wildman–Crippen MR) is 58.8 cm³/mol. The van der Waals surface area contributed by atoms with Crippen LogP contribution in [0.3, 0.4) is 0 Å². The van der Waals surface area contributed by atoms with Crippen LogP contribution in [0.15, 0.2) is 12.1 Å². The molecule has 1 unspecified atom stereocenters. The van der Waals surface area contributed by atoms with E-state index in [0.29, 0.717) is 6.10 Å². The molecule has 2 rings (SSSR count). The van der Waals surface area contributed by atoms with E-state index in [-0.39, 0.29) is 0 Å². The van der Waals surface area contributed by atoms with E-state index in [2.05, 4.69) is 15.5 Å². The number of rotatable bonds is 4. The van der Waals surface area contributed by atoms with Crippen LogP contribution in [0.1, 0.15) is 25.0 Å². The number of hydrogen-bond donors (Lipinski definition) is 1. The minimum absolute atomic E-state index is 0.441. The molecule has 1 fully saturated rings. The molecule has 1 aliphatic rings. The number of nitrogens with one attached hydrogen (secondary N) is 1. The highest BCUT2D eigenvalue weighted by atomic mass is 16.5. The summed E-state index contributed by atoms with van der Waals surface area (Å²) in [6, 6.07) is 3.92. The summed E-state index contributed by atoms with van der Waals surface area (Å²) in [6.45, 7) is 3.76. The third-order valence-corrected chi connectivity index (χ3v) is 2.59. The Hall–Kier alpha value is -1.16. The largest absolute Gasteiger partial charge is 0.378 e. The highest BCUT2D eigenvalue weighted by molar-refractivity contribution is 5.32. The van der Waals surface area contributed by atoms with Gasteiger partial charge in [-0.1, -0.05) is 0 Å². The van der Waals surface area contributed by atoms with Crippen LogP contribution in [0.25, 0.3) is 0 Å². The van der Waals surface area contributed by atoms with E-state index in [1.165, 1.54) is 12.8 Å². The van der Waals surface area contributed by atoms with Crippen LogP contribution in [0, 0.1) is 6.92 Å². The van der Waals surface area contributed by atoms with Gasteiger partial charge in [-0.25, -0.2) is 0 Å². The van der Waals surface area contributed by atoms with Crippen LogP contribution in [0.2, 0.25) is 0 Å². The van der Waals surface area contributed by atoms with E-state index < -0.39 is 0 Å². The lowest BCUT2D eigenvalue weighted by atomic mass is 10.2. The summed E-state index contributed by atoms with van der Waals surface area (Å²) in [5, 5.41) is 11.3. The molecule has 1 atom stereocenters. The van der Waals surface area contributed by atoms with Crippen LogP contribution in [0.5, 0.6) is 0 Å². The van der Waals surface area contributed by atoms with Gasteiger partial charge in [-0.05, 0) is 38.3 Å². The SMILES string of the molecule is Cc1ccc(NCCC2CCCO2)nn1. The minimum atomic E-state index is 0.441. The second-order valence-electron chi connectivity index (χ2n) is 3.91. The molecule has 4 heteroatoms. The second kappa shape index (κ2) is 5.07. The zero-order valence-corrected chi connectivity index (χ0v) is 9.07. The van der Waals surface area contributed by atoms with Crippen molar-refractivity contribution in [1.82, 2.24) is 10.2 Å². The van der Waals surface area contributed by atoms with Crippen molar-refractivity contribution in [1.29, 1.82) is 0 Å². The summed E-state index contributed by atoms with van der Waals surface area (Å²) in [6.07, 6.45) is 3.89. The minimum Gasteiger partial charge on any atom is -0.378 e. The zero-order chi connectivity index (χ0) is 10.5. The molecule has 1 N–H and O–H groups in total. The first-order valence-corrected chi connectivity index (χ1v) is 5.50. The van der Waals surface area contributed by atoms with Gasteiger partial charge in [0.25, 0.3) is 0 Å². The van der Waals surface area contributed by atoms with Crippen molar-refractivity contribution in [2.24, 2.45) is 0 Å². The van der Waals surface area contributed by atoms with E-state index in [4.69, 9.17) is 4.74 Å². The predicted octanol–water partition coefficient (Wildman–Crippen LogP) is 1.77. The van der Waals surface area contributed by atoms with Crippen LogP contribution in [0.4, 0.5) is 5.82 Å². The number of hydrogen-bond acceptors (Lipinski definition) is 4. The van der Waals surface area contributed by atoms with Crippen molar-refractivity contribution in [2.75, 3.05) is 18.5 Å². The summed E-state index contributed by atoms with van der Waals surface area (Å²) in [4.78, 5) is 0. The molecule has 15 heavy (non-hydrogen) atoms. The van der Waals surface area contributed by atoms with Crippen LogP contribution in [-0.2, 0) is 4.74 Å². The maximum atomic E-state index is 5.53. The Labute approximate surface area is 90.1 Å². The normalized spacial score (nSPS) is 20.5. The van der Waals surface area contributed by atoms with Gasteiger partial charge in [0.05, 0.1) is 11.8 Å². The summed E-state index contributed by atoms with van der Waals surface area (Å²) >= 11 is 0. The van der Waals surface area contributed by atoms with Crippen molar-refractivity contribution in [3.05, 3.63) is 17.8 Å². The first kappa shape index (κ1) is 10.4. The third kappa shape index (κ3) is 3.16. The number of anilines is 1. The van der Waals surface area contributed by atoms with Crippen molar-refractivity contribution in [3.63, 3.8) is 0 Å². The van der Waals surface area contributed by atoms with E-state index >= 15 is 0 Å². The Bertz CT molecular complexity index is 293. The lowest BCUT2D eigenvalue weighted by molar-refractivity contribution is 0.107. The van der Waals surface area contributed by atoms with Gasteiger partial charge < -0.3 is 10.1 Å². The lowest BCUT2D eigenvalue weighted by Gasteiger charge is -2.09. The average Bonchev–Trinajstić information content (AvgIpc) is 2.74. The second-order valence-corrected chi connectivity index (χ2v) is 3.91. The topological polar surface area (TPSA) is 47.0 Å². The Morgan fingerprint density at radius 2 is 2.40 bits per heavy atom. The van der Waals surface area contributed by atoms with Crippen molar-refractivity contribution in [3.8, 4) is 0 Å². The van der Waals surface area contributed by atoms with Crippen LogP contribution in [-0.4, -0.2) is 29.5 Å². The van der Waals surface area contributed by atoms with Gasteiger partial charge in [0, 0.05) is 13.2 Å². The van der Waals surface area contributed by atoms with Gasteiger partial charge in [-0.15, -0.1) is 5.10 Å². The van der Waals surface area contributed by atoms with Gasteiger partial charge >= 0.3 is 0 Å². The number of ether oxygens (including phenoxy) is 1. The standard InChI is InChI=1S/C11H17N3O/c1-9-4-5-11(14-13-9)12-7-6-10-3-2-8-15-10/h4-5,10H,2-3,6-8H2,1H3,(H,12,14). The smallest absolute Gasteiger partial charge is 0.148 e. The first-order valence-electron chi connectivity index (χ1n) is 5.50. The molecule has 82 valence electrons. The summed E-state index contributed by atoms with van der Waals surface area (Å²) in [5.41, 5.74) is 0.944. The Kier molecular flexibility index (Phi) is 3.50. The molecule has 0 radical (unpaired) electrons. The third-order valence-electron chi connectivity index (χ3n) is 2.59. The van der Waals surface area contributed by atoms with Gasteiger partial charge in [-0.3, -0.25) is 0 Å². The molecule has 1 saturated heterocycles.